The zero-order valence-corrected chi connectivity index (χ0v) is 9.20. The van der Waals surface area contributed by atoms with Gasteiger partial charge in [0.15, 0.2) is 0 Å². The molecule has 0 aromatic heterocycles. The van der Waals surface area contributed by atoms with E-state index in [9.17, 15) is 0 Å². The average Bonchev–Trinajstić information content (AvgIpc) is 2.58. The molecule has 1 aliphatic rings. The third-order valence-electron chi connectivity index (χ3n) is 2.59. The highest BCUT2D eigenvalue weighted by molar-refractivity contribution is 6.36. The molecular formula is C10H12Cl2N2. The first-order chi connectivity index (χ1) is 6.74. The lowest BCUT2D eigenvalue weighted by Gasteiger charge is -2.10. The summed E-state index contributed by atoms with van der Waals surface area (Å²) in [5.41, 5.74) is 7.66. The Kier molecular flexibility index (Phi) is 2.86. The molecule has 76 valence electrons. The molecule has 4 heteroatoms. The van der Waals surface area contributed by atoms with Crippen LogP contribution in [0.3, 0.4) is 0 Å². The van der Waals surface area contributed by atoms with Crippen molar-refractivity contribution >= 4 is 28.9 Å². The van der Waals surface area contributed by atoms with Gasteiger partial charge in [0.05, 0.1) is 10.7 Å². The Balaban J connectivity index is 2.42. The fourth-order valence-electron chi connectivity index (χ4n) is 1.92. The Hall–Kier alpha value is -0.440. The first kappa shape index (κ1) is 10.1. The van der Waals surface area contributed by atoms with Gasteiger partial charge < -0.3 is 11.1 Å². The smallest absolute Gasteiger partial charge is 0.0641 e. The molecule has 0 fully saturated rings. The van der Waals surface area contributed by atoms with E-state index in [1.807, 2.05) is 12.1 Å². The van der Waals surface area contributed by atoms with Crippen molar-refractivity contribution in [2.75, 3.05) is 18.4 Å². The van der Waals surface area contributed by atoms with Crippen LogP contribution in [0.2, 0.25) is 10.0 Å². The molecule has 1 aromatic rings. The molecule has 1 heterocycles. The van der Waals surface area contributed by atoms with Crippen molar-refractivity contribution in [3.8, 4) is 0 Å². The van der Waals surface area contributed by atoms with E-state index < -0.39 is 0 Å². The van der Waals surface area contributed by atoms with Gasteiger partial charge in [0, 0.05) is 23.0 Å². The van der Waals surface area contributed by atoms with Crippen molar-refractivity contribution in [1.29, 1.82) is 0 Å². The van der Waals surface area contributed by atoms with E-state index in [1.165, 1.54) is 0 Å². The molecule has 2 nitrogen and oxygen atoms in total. The summed E-state index contributed by atoms with van der Waals surface area (Å²) in [5.74, 6) is 0.404. The minimum absolute atomic E-state index is 0.404. The normalized spacial score (nSPS) is 19.2. The van der Waals surface area contributed by atoms with Crippen LogP contribution in [0.1, 0.15) is 17.9 Å². The van der Waals surface area contributed by atoms with E-state index in [0.29, 0.717) is 12.5 Å². The van der Waals surface area contributed by atoms with Gasteiger partial charge in [-0.1, -0.05) is 23.2 Å². The largest absolute Gasteiger partial charge is 0.383 e. The fourth-order valence-corrected chi connectivity index (χ4v) is 2.46. The molecule has 0 amide bonds. The number of nitrogens with one attached hydrogen (secondary N) is 1. The molecule has 0 spiro atoms. The van der Waals surface area contributed by atoms with E-state index in [4.69, 9.17) is 28.9 Å². The van der Waals surface area contributed by atoms with Crippen molar-refractivity contribution in [1.82, 2.24) is 0 Å². The number of hydrogen-bond donors (Lipinski definition) is 2. The Morgan fingerprint density at radius 1 is 1.36 bits per heavy atom. The number of fused-ring (bicyclic) bond motifs is 1. The molecule has 2 rings (SSSR count). The first-order valence-corrected chi connectivity index (χ1v) is 5.41. The van der Waals surface area contributed by atoms with Crippen molar-refractivity contribution < 1.29 is 0 Å². The third kappa shape index (κ3) is 1.58. The van der Waals surface area contributed by atoms with Crippen LogP contribution in [0, 0.1) is 0 Å². The third-order valence-corrected chi connectivity index (χ3v) is 3.23. The van der Waals surface area contributed by atoms with Gasteiger partial charge in [-0.3, -0.25) is 0 Å². The van der Waals surface area contributed by atoms with Crippen molar-refractivity contribution in [2.45, 2.75) is 12.3 Å². The summed E-state index contributed by atoms with van der Waals surface area (Å²) in [6.45, 7) is 1.56. The molecule has 1 aliphatic heterocycles. The molecule has 14 heavy (non-hydrogen) atoms. The molecule has 1 unspecified atom stereocenters. The molecule has 0 saturated heterocycles. The van der Waals surface area contributed by atoms with Crippen molar-refractivity contribution in [3.63, 3.8) is 0 Å². The van der Waals surface area contributed by atoms with Crippen LogP contribution in [0.4, 0.5) is 5.69 Å². The van der Waals surface area contributed by atoms with E-state index in [-0.39, 0.29) is 0 Å². The monoisotopic (exact) mass is 230 g/mol. The maximum Gasteiger partial charge on any atom is 0.0641 e. The molecular weight excluding hydrogens is 219 g/mol. The van der Waals surface area contributed by atoms with Gasteiger partial charge in [0.2, 0.25) is 0 Å². The Labute approximate surface area is 93.4 Å². The fraction of sp³-hybridized carbons (Fsp3) is 0.400. The second kappa shape index (κ2) is 3.97. The number of halogens is 2. The predicted octanol–water partition coefficient (Wildman–Crippen LogP) is 2.85. The minimum Gasteiger partial charge on any atom is -0.383 e. The Bertz CT molecular complexity index is 352. The standard InChI is InChI=1S/C10H12Cl2N2/c11-7-1-2-8(12)10-9(7)6(3-4-13)5-14-10/h1-2,6,14H,3-5,13H2. The van der Waals surface area contributed by atoms with Gasteiger partial charge in [-0.2, -0.15) is 0 Å². The van der Waals surface area contributed by atoms with E-state index in [0.717, 1.165) is 34.3 Å². The van der Waals surface area contributed by atoms with Crippen LogP contribution in [-0.4, -0.2) is 13.1 Å². The van der Waals surface area contributed by atoms with Crippen LogP contribution in [0.15, 0.2) is 12.1 Å². The van der Waals surface area contributed by atoms with Gasteiger partial charge in [-0.25, -0.2) is 0 Å². The van der Waals surface area contributed by atoms with Gasteiger partial charge >= 0.3 is 0 Å². The number of anilines is 1. The molecule has 0 bridgehead atoms. The maximum absolute atomic E-state index is 6.13. The Morgan fingerprint density at radius 2 is 2.07 bits per heavy atom. The van der Waals surface area contributed by atoms with Gasteiger partial charge in [-0.05, 0) is 25.1 Å². The summed E-state index contributed by atoms with van der Waals surface area (Å²) < 4.78 is 0. The molecule has 0 aliphatic carbocycles. The topological polar surface area (TPSA) is 38.0 Å². The van der Waals surface area contributed by atoms with Gasteiger partial charge in [0.1, 0.15) is 0 Å². The summed E-state index contributed by atoms with van der Waals surface area (Å²) >= 11 is 12.2. The van der Waals surface area contributed by atoms with Crippen LogP contribution >= 0.6 is 23.2 Å². The lowest BCUT2D eigenvalue weighted by molar-refractivity contribution is 0.686. The summed E-state index contributed by atoms with van der Waals surface area (Å²) in [7, 11) is 0. The van der Waals surface area contributed by atoms with Crippen LogP contribution in [0.25, 0.3) is 0 Å². The molecule has 1 aromatic carbocycles. The van der Waals surface area contributed by atoms with Crippen LogP contribution < -0.4 is 11.1 Å². The van der Waals surface area contributed by atoms with Crippen molar-refractivity contribution in [3.05, 3.63) is 27.7 Å². The van der Waals surface area contributed by atoms with E-state index in [1.54, 1.807) is 0 Å². The quantitative estimate of drug-likeness (QED) is 0.821. The zero-order chi connectivity index (χ0) is 10.1. The second-order valence-electron chi connectivity index (χ2n) is 3.47. The molecule has 1 atom stereocenters. The van der Waals surface area contributed by atoms with Gasteiger partial charge in [-0.15, -0.1) is 0 Å². The second-order valence-corrected chi connectivity index (χ2v) is 4.29. The maximum atomic E-state index is 6.13. The summed E-state index contributed by atoms with van der Waals surface area (Å²) in [6.07, 6.45) is 0.945. The highest BCUT2D eigenvalue weighted by Gasteiger charge is 2.25. The highest BCUT2D eigenvalue weighted by atomic mass is 35.5. The highest BCUT2D eigenvalue weighted by Crippen LogP contribution is 2.42. The van der Waals surface area contributed by atoms with E-state index in [2.05, 4.69) is 5.32 Å². The van der Waals surface area contributed by atoms with Crippen LogP contribution in [-0.2, 0) is 0 Å². The molecule has 0 radical (unpaired) electrons. The van der Waals surface area contributed by atoms with Crippen LogP contribution in [0.5, 0.6) is 0 Å². The summed E-state index contributed by atoms with van der Waals surface area (Å²) in [6, 6.07) is 3.67. The summed E-state index contributed by atoms with van der Waals surface area (Å²) in [4.78, 5) is 0. The van der Waals surface area contributed by atoms with E-state index >= 15 is 0 Å². The summed E-state index contributed by atoms with van der Waals surface area (Å²) in [5, 5.41) is 4.80. The lowest BCUT2D eigenvalue weighted by Crippen LogP contribution is -2.09. The minimum atomic E-state index is 0.404. The zero-order valence-electron chi connectivity index (χ0n) is 7.69. The average molecular weight is 231 g/mol. The SMILES string of the molecule is NCCC1CNc2c(Cl)ccc(Cl)c21. The van der Waals surface area contributed by atoms with Gasteiger partial charge in [0.25, 0.3) is 0 Å². The van der Waals surface area contributed by atoms with Crippen molar-refractivity contribution in [2.24, 2.45) is 5.73 Å². The Morgan fingerprint density at radius 3 is 2.79 bits per heavy atom. The number of nitrogens with two attached hydrogens (primary N) is 1. The number of rotatable bonds is 2. The molecule has 3 N–H and O–H groups in total. The number of benzene rings is 1. The number of hydrogen-bond acceptors (Lipinski definition) is 2. The predicted molar refractivity (Wildman–Crippen MR) is 61.4 cm³/mol. The molecule has 0 saturated carbocycles. The lowest BCUT2D eigenvalue weighted by atomic mass is 9.98. The first-order valence-electron chi connectivity index (χ1n) is 4.66.